The van der Waals surface area contributed by atoms with Gasteiger partial charge in [0.2, 0.25) is 0 Å². The van der Waals surface area contributed by atoms with Crippen molar-refractivity contribution in [2.75, 3.05) is 13.6 Å². The van der Waals surface area contributed by atoms with E-state index in [1.807, 2.05) is 7.05 Å². The third kappa shape index (κ3) is 17.4. The van der Waals surface area contributed by atoms with Crippen LogP contribution in [0.25, 0.3) is 0 Å². The van der Waals surface area contributed by atoms with E-state index in [1.54, 1.807) is 0 Å². The van der Waals surface area contributed by atoms with Gasteiger partial charge in [0, 0.05) is 0 Å². The van der Waals surface area contributed by atoms with Gasteiger partial charge in [-0.25, -0.2) is 0 Å². The first-order chi connectivity index (χ1) is 9.91. The fraction of sp³-hybridized carbons (Fsp3) is 0.789. The second-order valence-corrected chi connectivity index (χ2v) is 5.69. The van der Waals surface area contributed by atoms with Crippen LogP contribution in [0.1, 0.15) is 84.0 Å². The van der Waals surface area contributed by atoms with Gasteiger partial charge in [-0.1, -0.05) is 69.8 Å². The molecule has 0 spiro atoms. The highest BCUT2D eigenvalue weighted by Gasteiger charge is 1.89. The predicted octanol–water partition coefficient (Wildman–Crippen LogP) is 6.02. The van der Waals surface area contributed by atoms with Crippen LogP contribution in [0.4, 0.5) is 0 Å². The molecule has 0 saturated heterocycles. The average Bonchev–Trinajstić information content (AvgIpc) is 2.47. The summed E-state index contributed by atoms with van der Waals surface area (Å²) in [7, 11) is 2.03. The fourth-order valence-electron chi connectivity index (χ4n) is 2.29. The van der Waals surface area contributed by atoms with Gasteiger partial charge in [-0.05, 0) is 52.1 Å². The molecule has 0 unspecified atom stereocenters. The molecule has 1 nitrogen and oxygen atoms in total. The predicted molar refractivity (Wildman–Crippen MR) is 93.3 cm³/mol. The topological polar surface area (TPSA) is 12.0 Å². The Morgan fingerprint density at radius 3 is 1.80 bits per heavy atom. The third-order valence-corrected chi connectivity index (χ3v) is 3.63. The van der Waals surface area contributed by atoms with Gasteiger partial charge in [0.05, 0.1) is 0 Å². The van der Waals surface area contributed by atoms with E-state index in [4.69, 9.17) is 0 Å². The lowest BCUT2D eigenvalue weighted by molar-refractivity contribution is 0.584. The van der Waals surface area contributed by atoms with E-state index >= 15 is 0 Å². The lowest BCUT2D eigenvalue weighted by atomic mass is 10.1. The van der Waals surface area contributed by atoms with Gasteiger partial charge >= 0.3 is 0 Å². The van der Waals surface area contributed by atoms with Crippen molar-refractivity contribution >= 4 is 0 Å². The van der Waals surface area contributed by atoms with Crippen LogP contribution in [-0.2, 0) is 0 Å². The number of hydrogen-bond donors (Lipinski definition) is 1. The summed E-state index contributed by atoms with van der Waals surface area (Å²) in [6.07, 6.45) is 25.3. The Balaban J connectivity index is 3.12. The molecule has 0 heterocycles. The van der Waals surface area contributed by atoms with Crippen molar-refractivity contribution in [3.63, 3.8) is 0 Å². The van der Waals surface area contributed by atoms with Crippen LogP contribution >= 0.6 is 0 Å². The van der Waals surface area contributed by atoms with Crippen LogP contribution in [0, 0.1) is 0 Å². The number of nitrogens with one attached hydrogen (secondary N) is 1. The maximum absolute atomic E-state index is 3.20. The summed E-state index contributed by atoms with van der Waals surface area (Å²) in [4.78, 5) is 0. The van der Waals surface area contributed by atoms with Crippen molar-refractivity contribution in [2.24, 2.45) is 0 Å². The van der Waals surface area contributed by atoms with Gasteiger partial charge in [0.1, 0.15) is 0 Å². The van der Waals surface area contributed by atoms with Crippen LogP contribution in [0.2, 0.25) is 0 Å². The van der Waals surface area contributed by atoms with Crippen LogP contribution in [0.3, 0.4) is 0 Å². The highest BCUT2D eigenvalue weighted by Crippen LogP contribution is 2.07. The Morgan fingerprint density at radius 1 is 0.650 bits per heavy atom. The van der Waals surface area contributed by atoms with Crippen LogP contribution in [0.5, 0.6) is 0 Å². The lowest BCUT2D eigenvalue weighted by Gasteiger charge is -2.00. The molecule has 0 aromatic rings. The molecule has 0 aromatic heterocycles. The van der Waals surface area contributed by atoms with E-state index in [0.29, 0.717) is 0 Å². The van der Waals surface area contributed by atoms with Crippen LogP contribution < -0.4 is 5.32 Å². The van der Waals surface area contributed by atoms with Crippen LogP contribution in [-0.4, -0.2) is 13.6 Å². The molecular formula is C19H37N. The van der Waals surface area contributed by atoms with Crippen molar-refractivity contribution in [1.29, 1.82) is 0 Å². The number of allylic oxidation sites excluding steroid dienone is 4. The lowest BCUT2D eigenvalue weighted by Crippen LogP contribution is -2.06. The first-order valence-electron chi connectivity index (χ1n) is 8.86. The summed E-state index contributed by atoms with van der Waals surface area (Å²) in [5.41, 5.74) is 0. The van der Waals surface area contributed by atoms with Gasteiger partial charge in [0.15, 0.2) is 0 Å². The summed E-state index contributed by atoms with van der Waals surface area (Å²) < 4.78 is 0. The molecule has 0 fully saturated rings. The van der Waals surface area contributed by atoms with E-state index in [9.17, 15) is 0 Å². The maximum atomic E-state index is 3.20. The molecule has 1 N–H and O–H groups in total. The summed E-state index contributed by atoms with van der Waals surface area (Å²) >= 11 is 0. The Morgan fingerprint density at radius 2 is 1.20 bits per heavy atom. The highest BCUT2D eigenvalue weighted by molar-refractivity contribution is 4.92. The van der Waals surface area contributed by atoms with Gasteiger partial charge < -0.3 is 5.32 Å². The molecule has 0 aliphatic rings. The Hall–Kier alpha value is -0.560. The standard InChI is InChI=1S/C19H37N/c1-3-4-5-6-7-8-9-10-11-12-13-14-15-16-17-18-19-20-2/h7-8,10-11,20H,3-6,9,12-19H2,1-2H3/b8-7-,11-10?. The molecule has 0 aromatic carbocycles. The highest BCUT2D eigenvalue weighted by atomic mass is 14.8. The van der Waals surface area contributed by atoms with Gasteiger partial charge in [-0.2, -0.15) is 0 Å². The number of unbranched alkanes of at least 4 members (excludes halogenated alkanes) is 9. The molecule has 0 radical (unpaired) electrons. The Labute approximate surface area is 127 Å². The number of rotatable bonds is 15. The van der Waals surface area contributed by atoms with Crippen molar-refractivity contribution in [3.05, 3.63) is 24.3 Å². The third-order valence-electron chi connectivity index (χ3n) is 3.63. The zero-order valence-corrected chi connectivity index (χ0v) is 14.0. The largest absolute Gasteiger partial charge is 0.320 e. The smallest absolute Gasteiger partial charge is 0.00519 e. The first-order valence-corrected chi connectivity index (χ1v) is 8.86. The molecule has 0 atom stereocenters. The average molecular weight is 280 g/mol. The van der Waals surface area contributed by atoms with E-state index < -0.39 is 0 Å². The summed E-state index contributed by atoms with van der Waals surface area (Å²) in [5, 5.41) is 3.20. The minimum Gasteiger partial charge on any atom is -0.320 e. The van der Waals surface area contributed by atoms with Crippen molar-refractivity contribution in [3.8, 4) is 0 Å². The molecule has 0 rings (SSSR count). The maximum Gasteiger partial charge on any atom is -0.00519 e. The van der Waals surface area contributed by atoms with E-state index in [1.165, 1.54) is 77.2 Å². The molecular weight excluding hydrogens is 242 g/mol. The molecule has 0 saturated carbocycles. The number of hydrogen-bond acceptors (Lipinski definition) is 1. The fourth-order valence-corrected chi connectivity index (χ4v) is 2.29. The molecule has 0 bridgehead atoms. The van der Waals surface area contributed by atoms with Gasteiger partial charge in [-0.3, -0.25) is 0 Å². The van der Waals surface area contributed by atoms with Crippen molar-refractivity contribution in [1.82, 2.24) is 5.32 Å². The van der Waals surface area contributed by atoms with E-state index in [2.05, 4.69) is 36.5 Å². The molecule has 1 heteroatoms. The van der Waals surface area contributed by atoms with Crippen molar-refractivity contribution in [2.45, 2.75) is 84.0 Å². The SMILES string of the molecule is CCCCC/C=C\CC=CCCCCCCCCNC. The van der Waals surface area contributed by atoms with Crippen LogP contribution in [0.15, 0.2) is 24.3 Å². The summed E-state index contributed by atoms with van der Waals surface area (Å²) in [5.74, 6) is 0. The Bertz CT molecular complexity index is 218. The normalized spacial score (nSPS) is 11.9. The van der Waals surface area contributed by atoms with E-state index in [-0.39, 0.29) is 0 Å². The second kappa shape index (κ2) is 18.4. The molecule has 20 heavy (non-hydrogen) atoms. The van der Waals surface area contributed by atoms with Crippen molar-refractivity contribution < 1.29 is 0 Å². The van der Waals surface area contributed by atoms with Gasteiger partial charge in [0.25, 0.3) is 0 Å². The van der Waals surface area contributed by atoms with Gasteiger partial charge in [-0.15, -0.1) is 0 Å². The minimum atomic E-state index is 1.12. The molecule has 0 aliphatic heterocycles. The molecule has 0 amide bonds. The summed E-state index contributed by atoms with van der Waals surface area (Å²) in [6.45, 7) is 3.43. The first kappa shape index (κ1) is 19.4. The minimum absolute atomic E-state index is 1.12. The monoisotopic (exact) mass is 279 g/mol. The zero-order chi connectivity index (χ0) is 14.7. The Kier molecular flexibility index (Phi) is 17.9. The molecule has 118 valence electrons. The molecule has 0 aliphatic carbocycles. The quantitative estimate of drug-likeness (QED) is 0.285. The summed E-state index contributed by atoms with van der Waals surface area (Å²) in [6, 6.07) is 0. The van der Waals surface area contributed by atoms with E-state index in [0.717, 1.165) is 6.42 Å². The zero-order valence-electron chi connectivity index (χ0n) is 14.0. The second-order valence-electron chi connectivity index (χ2n) is 5.69.